The van der Waals surface area contributed by atoms with Crippen molar-refractivity contribution in [3.63, 3.8) is 0 Å². The summed E-state index contributed by atoms with van der Waals surface area (Å²) >= 11 is 0. The maximum Gasteiger partial charge on any atom is 0.156 e. The van der Waals surface area contributed by atoms with Gasteiger partial charge in [-0.2, -0.15) is 5.10 Å². The van der Waals surface area contributed by atoms with Gasteiger partial charge in [0.05, 0.1) is 19.0 Å². The SMILES string of the molecule is CNc1cn2nc(-c3cccc(OC)c3)ccc2n1. The first kappa shape index (κ1) is 11.5. The number of nitrogens with zero attached hydrogens (tertiary/aromatic N) is 3. The number of hydrogen-bond donors (Lipinski definition) is 1. The molecule has 0 fully saturated rings. The summed E-state index contributed by atoms with van der Waals surface area (Å²) in [6, 6.07) is 11.7. The Labute approximate surface area is 110 Å². The van der Waals surface area contributed by atoms with Gasteiger partial charge < -0.3 is 10.1 Å². The summed E-state index contributed by atoms with van der Waals surface area (Å²) in [6.07, 6.45) is 1.86. The number of anilines is 1. The van der Waals surface area contributed by atoms with E-state index >= 15 is 0 Å². The van der Waals surface area contributed by atoms with Crippen LogP contribution in [0.2, 0.25) is 0 Å². The number of imidazole rings is 1. The van der Waals surface area contributed by atoms with Gasteiger partial charge in [-0.3, -0.25) is 0 Å². The number of methoxy groups -OCH3 is 1. The van der Waals surface area contributed by atoms with E-state index < -0.39 is 0 Å². The smallest absolute Gasteiger partial charge is 0.156 e. The van der Waals surface area contributed by atoms with Crippen molar-refractivity contribution in [1.82, 2.24) is 14.6 Å². The molecule has 5 nitrogen and oxygen atoms in total. The fraction of sp³-hybridized carbons (Fsp3) is 0.143. The molecule has 2 aromatic heterocycles. The molecule has 0 aliphatic heterocycles. The van der Waals surface area contributed by atoms with Crippen molar-refractivity contribution in [3.05, 3.63) is 42.6 Å². The van der Waals surface area contributed by atoms with Crippen molar-refractivity contribution >= 4 is 11.5 Å². The summed E-state index contributed by atoms with van der Waals surface area (Å²) in [6.45, 7) is 0. The lowest BCUT2D eigenvalue weighted by Gasteiger charge is -2.04. The molecule has 0 saturated heterocycles. The first-order chi connectivity index (χ1) is 9.30. The Hall–Kier alpha value is -2.56. The Kier molecular flexibility index (Phi) is 2.79. The molecule has 0 bridgehead atoms. The lowest BCUT2D eigenvalue weighted by Crippen LogP contribution is -1.93. The van der Waals surface area contributed by atoms with Crippen LogP contribution in [0.15, 0.2) is 42.6 Å². The minimum absolute atomic E-state index is 0.801. The summed E-state index contributed by atoms with van der Waals surface area (Å²) in [7, 11) is 3.50. The summed E-state index contributed by atoms with van der Waals surface area (Å²) < 4.78 is 6.99. The quantitative estimate of drug-likeness (QED) is 0.780. The van der Waals surface area contributed by atoms with Crippen LogP contribution in [0, 0.1) is 0 Å². The normalized spacial score (nSPS) is 10.6. The highest BCUT2D eigenvalue weighted by atomic mass is 16.5. The Morgan fingerprint density at radius 1 is 1.21 bits per heavy atom. The van der Waals surface area contributed by atoms with Gasteiger partial charge in [-0.25, -0.2) is 9.50 Å². The van der Waals surface area contributed by atoms with E-state index in [0.29, 0.717) is 0 Å². The topological polar surface area (TPSA) is 51.5 Å². The van der Waals surface area contributed by atoms with Crippen LogP contribution in [0.25, 0.3) is 16.9 Å². The molecule has 0 amide bonds. The van der Waals surface area contributed by atoms with Crippen molar-refractivity contribution in [1.29, 1.82) is 0 Å². The van der Waals surface area contributed by atoms with Crippen LogP contribution < -0.4 is 10.1 Å². The van der Waals surface area contributed by atoms with Gasteiger partial charge in [0.25, 0.3) is 0 Å². The number of hydrogen-bond acceptors (Lipinski definition) is 4. The third-order valence-corrected chi connectivity index (χ3v) is 2.94. The monoisotopic (exact) mass is 254 g/mol. The van der Waals surface area contributed by atoms with Gasteiger partial charge in [-0.15, -0.1) is 0 Å². The molecule has 0 aliphatic rings. The predicted molar refractivity (Wildman–Crippen MR) is 74.5 cm³/mol. The molecule has 2 heterocycles. The zero-order chi connectivity index (χ0) is 13.2. The van der Waals surface area contributed by atoms with E-state index in [9.17, 15) is 0 Å². The standard InChI is InChI=1S/C14H14N4O/c1-15-13-9-18-14(16-13)7-6-12(17-18)10-4-3-5-11(8-10)19-2/h3-9,15H,1-2H3. The third-order valence-electron chi connectivity index (χ3n) is 2.94. The van der Waals surface area contributed by atoms with Gasteiger partial charge >= 0.3 is 0 Å². The molecule has 0 aliphatic carbocycles. The molecule has 5 heteroatoms. The molecule has 0 spiro atoms. The van der Waals surface area contributed by atoms with Crippen molar-refractivity contribution in [3.8, 4) is 17.0 Å². The highest BCUT2D eigenvalue weighted by Crippen LogP contribution is 2.22. The van der Waals surface area contributed by atoms with Crippen LogP contribution in [0.1, 0.15) is 0 Å². The van der Waals surface area contributed by atoms with Gasteiger partial charge in [0.1, 0.15) is 11.6 Å². The highest BCUT2D eigenvalue weighted by Gasteiger charge is 2.05. The minimum atomic E-state index is 0.801. The van der Waals surface area contributed by atoms with E-state index in [0.717, 1.165) is 28.5 Å². The van der Waals surface area contributed by atoms with Gasteiger partial charge in [-0.05, 0) is 24.3 Å². The number of ether oxygens (including phenoxy) is 1. The first-order valence-electron chi connectivity index (χ1n) is 5.99. The molecular formula is C14H14N4O. The molecule has 0 atom stereocenters. The van der Waals surface area contributed by atoms with E-state index in [-0.39, 0.29) is 0 Å². The van der Waals surface area contributed by atoms with Crippen molar-refractivity contribution in [2.75, 3.05) is 19.5 Å². The van der Waals surface area contributed by atoms with Crippen LogP contribution >= 0.6 is 0 Å². The minimum Gasteiger partial charge on any atom is -0.497 e. The largest absolute Gasteiger partial charge is 0.497 e. The van der Waals surface area contributed by atoms with Crippen LogP contribution in [0.4, 0.5) is 5.82 Å². The van der Waals surface area contributed by atoms with Crippen LogP contribution in [0.5, 0.6) is 5.75 Å². The lowest BCUT2D eigenvalue weighted by atomic mass is 10.1. The fourth-order valence-corrected chi connectivity index (χ4v) is 1.94. The van der Waals surface area contributed by atoms with Gasteiger partial charge in [0.2, 0.25) is 0 Å². The Balaban J connectivity index is 2.08. The van der Waals surface area contributed by atoms with E-state index in [1.807, 2.05) is 49.6 Å². The summed E-state index contributed by atoms with van der Waals surface area (Å²) in [5, 5.41) is 7.55. The van der Waals surface area contributed by atoms with E-state index in [2.05, 4.69) is 15.4 Å². The van der Waals surface area contributed by atoms with Crippen molar-refractivity contribution in [2.24, 2.45) is 0 Å². The predicted octanol–water partition coefficient (Wildman–Crippen LogP) is 2.45. The maximum absolute atomic E-state index is 5.23. The maximum atomic E-state index is 5.23. The molecule has 96 valence electrons. The van der Waals surface area contributed by atoms with Gasteiger partial charge in [0.15, 0.2) is 5.65 Å². The van der Waals surface area contributed by atoms with Crippen LogP contribution in [0.3, 0.4) is 0 Å². The zero-order valence-electron chi connectivity index (χ0n) is 10.8. The van der Waals surface area contributed by atoms with Crippen molar-refractivity contribution in [2.45, 2.75) is 0 Å². The molecule has 1 N–H and O–H groups in total. The van der Waals surface area contributed by atoms with Gasteiger partial charge in [-0.1, -0.05) is 12.1 Å². The molecule has 0 unspecified atom stereocenters. The Morgan fingerprint density at radius 3 is 2.89 bits per heavy atom. The highest BCUT2D eigenvalue weighted by molar-refractivity contribution is 5.62. The zero-order valence-corrected chi connectivity index (χ0v) is 10.8. The molecule has 0 radical (unpaired) electrons. The molecule has 3 rings (SSSR count). The van der Waals surface area contributed by atoms with Gasteiger partial charge in [0, 0.05) is 12.6 Å². The van der Waals surface area contributed by atoms with Crippen LogP contribution in [-0.2, 0) is 0 Å². The van der Waals surface area contributed by atoms with Crippen LogP contribution in [-0.4, -0.2) is 28.8 Å². The molecule has 0 saturated carbocycles. The average molecular weight is 254 g/mol. The number of nitrogens with one attached hydrogen (secondary N) is 1. The second-order valence-electron chi connectivity index (χ2n) is 4.13. The Bertz CT molecular complexity index is 720. The molecule has 19 heavy (non-hydrogen) atoms. The summed E-state index contributed by atoms with van der Waals surface area (Å²) in [5.74, 6) is 1.62. The molecule has 3 aromatic rings. The van der Waals surface area contributed by atoms with Crippen molar-refractivity contribution < 1.29 is 4.74 Å². The Morgan fingerprint density at radius 2 is 2.11 bits per heavy atom. The van der Waals surface area contributed by atoms with E-state index in [1.54, 1.807) is 11.6 Å². The number of fused-ring (bicyclic) bond motifs is 1. The molecule has 1 aromatic carbocycles. The van der Waals surface area contributed by atoms with E-state index in [1.165, 1.54) is 0 Å². The average Bonchev–Trinajstić information content (AvgIpc) is 2.89. The first-order valence-corrected chi connectivity index (χ1v) is 5.99. The number of benzene rings is 1. The second-order valence-corrected chi connectivity index (χ2v) is 4.13. The third kappa shape index (κ3) is 2.10. The summed E-state index contributed by atoms with van der Waals surface area (Å²) in [4.78, 5) is 4.36. The second kappa shape index (κ2) is 4.61. The lowest BCUT2D eigenvalue weighted by molar-refractivity contribution is 0.415. The number of rotatable bonds is 3. The number of aromatic nitrogens is 3. The fourth-order valence-electron chi connectivity index (χ4n) is 1.94. The van der Waals surface area contributed by atoms with E-state index in [4.69, 9.17) is 4.74 Å². The summed E-state index contributed by atoms with van der Waals surface area (Å²) in [5.41, 5.74) is 2.71. The molecular weight excluding hydrogens is 240 g/mol.